The fourth-order valence-electron chi connectivity index (χ4n) is 1.04. The molecule has 1 aromatic heterocycles. The van der Waals surface area contributed by atoms with Gasteiger partial charge in [0.2, 0.25) is 0 Å². The molecule has 2 N–H and O–H groups in total. The number of hydrogen-bond donors (Lipinski definition) is 1. The first-order chi connectivity index (χ1) is 6.27. The second-order valence-corrected chi connectivity index (χ2v) is 3.74. The molecule has 70 valence electrons. The largest absolute Gasteiger partial charge is 0.383 e. The van der Waals surface area contributed by atoms with Crippen LogP contribution in [0.5, 0.6) is 0 Å². The number of nitrogens with zero attached hydrogens (tertiary/aromatic N) is 1. The quantitative estimate of drug-likeness (QED) is 0.793. The standard InChI is InChI=1S/C9H12N2OS/c1-12-5-9(11)7-4-8(2-3-10)13-6-7/h4,6,9H,2,5,11H2,1H3. The van der Waals surface area contributed by atoms with Crippen molar-refractivity contribution in [2.45, 2.75) is 12.5 Å². The molecule has 0 aliphatic carbocycles. The summed E-state index contributed by atoms with van der Waals surface area (Å²) >= 11 is 1.57. The van der Waals surface area contributed by atoms with Crippen molar-refractivity contribution in [2.24, 2.45) is 5.73 Å². The van der Waals surface area contributed by atoms with E-state index in [1.807, 2.05) is 11.4 Å². The highest BCUT2D eigenvalue weighted by Gasteiger charge is 2.07. The zero-order valence-electron chi connectivity index (χ0n) is 7.49. The molecule has 1 atom stereocenters. The van der Waals surface area contributed by atoms with Gasteiger partial charge in [-0.3, -0.25) is 0 Å². The third kappa shape index (κ3) is 2.81. The normalized spacial score (nSPS) is 12.4. The molecule has 4 heteroatoms. The lowest BCUT2D eigenvalue weighted by Gasteiger charge is -2.06. The first kappa shape index (κ1) is 10.2. The van der Waals surface area contributed by atoms with Gasteiger partial charge in [0.1, 0.15) is 0 Å². The van der Waals surface area contributed by atoms with Crippen LogP contribution in [-0.2, 0) is 11.2 Å². The molecule has 3 nitrogen and oxygen atoms in total. The molecule has 13 heavy (non-hydrogen) atoms. The van der Waals surface area contributed by atoms with Gasteiger partial charge in [-0.15, -0.1) is 11.3 Å². The number of nitriles is 1. The van der Waals surface area contributed by atoms with Crippen molar-refractivity contribution >= 4 is 11.3 Å². The molecule has 0 aliphatic rings. The van der Waals surface area contributed by atoms with Gasteiger partial charge in [-0.1, -0.05) is 0 Å². The summed E-state index contributed by atoms with van der Waals surface area (Å²) in [5, 5.41) is 10.5. The topological polar surface area (TPSA) is 59.0 Å². The molecule has 1 aromatic rings. The minimum absolute atomic E-state index is 0.0753. The highest BCUT2D eigenvalue weighted by Crippen LogP contribution is 2.19. The Kier molecular flexibility index (Phi) is 3.90. The molecule has 1 rings (SSSR count). The summed E-state index contributed by atoms with van der Waals surface area (Å²) in [5.41, 5.74) is 6.87. The number of thiophene rings is 1. The molecular formula is C9H12N2OS. The predicted molar refractivity (Wildman–Crippen MR) is 52.4 cm³/mol. The van der Waals surface area contributed by atoms with Crippen LogP contribution in [-0.4, -0.2) is 13.7 Å². The summed E-state index contributed by atoms with van der Waals surface area (Å²) < 4.78 is 4.94. The van der Waals surface area contributed by atoms with Gasteiger partial charge in [-0.2, -0.15) is 5.26 Å². The van der Waals surface area contributed by atoms with E-state index >= 15 is 0 Å². The SMILES string of the molecule is COCC(N)c1csc(CC#N)c1. The molecule has 0 aliphatic heterocycles. The van der Waals surface area contributed by atoms with Crippen LogP contribution >= 0.6 is 11.3 Å². The molecule has 0 saturated heterocycles. The minimum Gasteiger partial charge on any atom is -0.383 e. The molecular weight excluding hydrogens is 184 g/mol. The van der Waals surface area contributed by atoms with Crippen molar-refractivity contribution in [3.05, 3.63) is 21.9 Å². The third-order valence-electron chi connectivity index (χ3n) is 1.70. The molecule has 0 aromatic carbocycles. The van der Waals surface area contributed by atoms with Crippen LogP contribution in [0.25, 0.3) is 0 Å². The van der Waals surface area contributed by atoms with Gasteiger partial charge in [0.05, 0.1) is 25.1 Å². The van der Waals surface area contributed by atoms with Crippen molar-refractivity contribution in [3.8, 4) is 6.07 Å². The smallest absolute Gasteiger partial charge is 0.0695 e. The average molecular weight is 196 g/mol. The van der Waals surface area contributed by atoms with Crippen LogP contribution in [0.3, 0.4) is 0 Å². The number of ether oxygens (including phenoxy) is 1. The zero-order chi connectivity index (χ0) is 9.68. The van der Waals surface area contributed by atoms with E-state index in [0.29, 0.717) is 13.0 Å². The highest BCUT2D eigenvalue weighted by molar-refractivity contribution is 7.10. The molecule has 0 bridgehead atoms. The van der Waals surface area contributed by atoms with Crippen LogP contribution in [0.15, 0.2) is 11.4 Å². The number of methoxy groups -OCH3 is 1. The molecule has 0 saturated carbocycles. The molecule has 0 amide bonds. The maximum atomic E-state index is 8.47. The van der Waals surface area contributed by atoms with E-state index in [4.69, 9.17) is 15.7 Å². The molecule has 0 fully saturated rings. The molecule has 1 heterocycles. The minimum atomic E-state index is -0.0753. The zero-order valence-corrected chi connectivity index (χ0v) is 8.30. The van der Waals surface area contributed by atoms with Gasteiger partial charge in [-0.05, 0) is 17.0 Å². The van der Waals surface area contributed by atoms with Gasteiger partial charge >= 0.3 is 0 Å². The van der Waals surface area contributed by atoms with Crippen molar-refractivity contribution in [1.82, 2.24) is 0 Å². The van der Waals surface area contributed by atoms with E-state index in [1.54, 1.807) is 18.4 Å². The first-order valence-corrected chi connectivity index (χ1v) is 4.84. The van der Waals surface area contributed by atoms with Gasteiger partial charge in [0.25, 0.3) is 0 Å². The lowest BCUT2D eigenvalue weighted by Crippen LogP contribution is -2.15. The summed E-state index contributed by atoms with van der Waals surface area (Å²) in [6, 6.07) is 4.00. The summed E-state index contributed by atoms with van der Waals surface area (Å²) in [6.07, 6.45) is 0.463. The maximum Gasteiger partial charge on any atom is 0.0695 e. The fraction of sp³-hybridized carbons (Fsp3) is 0.444. The number of rotatable bonds is 4. The molecule has 1 unspecified atom stereocenters. The first-order valence-electron chi connectivity index (χ1n) is 3.96. The Morgan fingerprint density at radius 3 is 3.15 bits per heavy atom. The van der Waals surface area contributed by atoms with Crippen LogP contribution in [0.4, 0.5) is 0 Å². The summed E-state index contributed by atoms with van der Waals surface area (Å²) in [6.45, 7) is 0.517. The van der Waals surface area contributed by atoms with Crippen molar-refractivity contribution in [3.63, 3.8) is 0 Å². The van der Waals surface area contributed by atoms with Crippen molar-refractivity contribution < 1.29 is 4.74 Å². The number of nitrogens with two attached hydrogens (primary N) is 1. The summed E-state index contributed by atoms with van der Waals surface area (Å²) in [5.74, 6) is 0. The maximum absolute atomic E-state index is 8.47. The second kappa shape index (κ2) is 4.97. The Morgan fingerprint density at radius 2 is 2.54 bits per heavy atom. The molecule has 0 spiro atoms. The Bertz CT molecular complexity index is 303. The second-order valence-electron chi connectivity index (χ2n) is 2.74. The lowest BCUT2D eigenvalue weighted by molar-refractivity contribution is 0.181. The Morgan fingerprint density at radius 1 is 1.77 bits per heavy atom. The van der Waals surface area contributed by atoms with Crippen LogP contribution in [0.2, 0.25) is 0 Å². The average Bonchev–Trinajstić information content (AvgIpc) is 2.54. The van der Waals surface area contributed by atoms with Gasteiger partial charge in [0.15, 0.2) is 0 Å². The van der Waals surface area contributed by atoms with Crippen LogP contribution in [0.1, 0.15) is 16.5 Å². The Labute approximate surface area is 81.7 Å². The highest BCUT2D eigenvalue weighted by atomic mass is 32.1. The van der Waals surface area contributed by atoms with E-state index in [9.17, 15) is 0 Å². The van der Waals surface area contributed by atoms with Crippen LogP contribution in [0, 0.1) is 11.3 Å². The summed E-state index contributed by atoms with van der Waals surface area (Å²) in [4.78, 5) is 1.06. The van der Waals surface area contributed by atoms with E-state index in [-0.39, 0.29) is 6.04 Å². The summed E-state index contributed by atoms with van der Waals surface area (Å²) in [7, 11) is 1.63. The van der Waals surface area contributed by atoms with Gasteiger partial charge < -0.3 is 10.5 Å². The number of hydrogen-bond acceptors (Lipinski definition) is 4. The fourth-order valence-corrected chi connectivity index (χ4v) is 1.92. The van der Waals surface area contributed by atoms with E-state index in [2.05, 4.69) is 6.07 Å². The van der Waals surface area contributed by atoms with Crippen molar-refractivity contribution in [2.75, 3.05) is 13.7 Å². The van der Waals surface area contributed by atoms with E-state index in [1.165, 1.54) is 0 Å². The van der Waals surface area contributed by atoms with Crippen LogP contribution < -0.4 is 5.73 Å². The Balaban J connectivity index is 2.63. The van der Waals surface area contributed by atoms with Gasteiger partial charge in [-0.25, -0.2) is 0 Å². The van der Waals surface area contributed by atoms with Crippen molar-refractivity contribution in [1.29, 1.82) is 5.26 Å². The van der Waals surface area contributed by atoms with Gasteiger partial charge in [0, 0.05) is 12.0 Å². The Hall–Kier alpha value is -0.890. The van der Waals surface area contributed by atoms with E-state index < -0.39 is 0 Å². The third-order valence-corrected chi connectivity index (χ3v) is 2.66. The van der Waals surface area contributed by atoms with E-state index in [0.717, 1.165) is 10.4 Å². The lowest BCUT2D eigenvalue weighted by atomic mass is 10.1. The monoisotopic (exact) mass is 196 g/mol. The predicted octanol–water partition coefficient (Wildman–Crippen LogP) is 1.46. The molecule has 0 radical (unpaired) electrons.